The lowest BCUT2D eigenvalue weighted by molar-refractivity contribution is -0.114. The first-order valence-corrected chi connectivity index (χ1v) is 14.3. The lowest BCUT2D eigenvalue weighted by Gasteiger charge is -2.53. The molecule has 0 bridgehead atoms. The molecule has 1 N–H and O–H groups in total. The Morgan fingerprint density at radius 2 is 1.87 bits per heavy atom. The quantitative estimate of drug-likeness (QED) is 0.456. The summed E-state index contributed by atoms with van der Waals surface area (Å²) in [6.45, 7) is 8.67. The number of benzene rings is 1. The Hall–Kier alpha value is -2.90. The molecule has 4 aliphatic rings. The Labute approximate surface area is 227 Å². The molecule has 4 nitrogen and oxygen atoms in total. The molecule has 0 spiro atoms. The topological polar surface area (TPSA) is 55.1 Å². The zero-order valence-electron chi connectivity index (χ0n) is 23.5. The number of imidazole rings is 1. The maximum atomic E-state index is 12.3. The second kappa shape index (κ2) is 8.82. The molecule has 1 aromatic carbocycles. The van der Waals surface area contributed by atoms with Crippen LogP contribution in [0.4, 0.5) is 0 Å². The first-order chi connectivity index (χ1) is 18.0. The highest BCUT2D eigenvalue weighted by Crippen LogP contribution is 2.66. The predicted octanol–water partition coefficient (Wildman–Crippen LogP) is 6.77. The van der Waals surface area contributed by atoms with Crippen LogP contribution in [0.1, 0.15) is 84.1 Å². The van der Waals surface area contributed by atoms with E-state index in [1.165, 1.54) is 16.7 Å². The molecule has 4 aliphatic carbocycles. The average molecular weight is 509 g/mol. The van der Waals surface area contributed by atoms with Crippen LogP contribution in [0.2, 0.25) is 0 Å². The van der Waals surface area contributed by atoms with Crippen molar-refractivity contribution in [2.24, 2.45) is 29.7 Å². The Morgan fingerprint density at radius 3 is 2.55 bits per heavy atom. The molecule has 2 saturated carbocycles. The third-order valence-electron chi connectivity index (χ3n) is 9.84. The van der Waals surface area contributed by atoms with Crippen molar-refractivity contribution in [3.8, 4) is 23.1 Å². The minimum atomic E-state index is -0.980. The molecule has 5 atom stereocenters. The number of hydrogen-bond acceptors (Lipinski definition) is 3. The van der Waals surface area contributed by atoms with Gasteiger partial charge in [-0.15, -0.1) is 0 Å². The van der Waals surface area contributed by atoms with Gasteiger partial charge in [0.15, 0.2) is 5.78 Å². The Morgan fingerprint density at radius 1 is 1.11 bits per heavy atom. The number of aromatic nitrogens is 2. The molecular weight excluding hydrogens is 468 g/mol. The van der Waals surface area contributed by atoms with Crippen molar-refractivity contribution in [1.29, 1.82) is 0 Å². The van der Waals surface area contributed by atoms with E-state index in [4.69, 9.17) is 0 Å². The van der Waals surface area contributed by atoms with Crippen LogP contribution in [0, 0.1) is 34.5 Å². The minimum Gasteiger partial charge on any atom is -0.377 e. The Balaban J connectivity index is 1.47. The number of nitrogens with zero attached hydrogens (tertiary/aromatic N) is 2. The van der Waals surface area contributed by atoms with Gasteiger partial charge in [-0.05, 0) is 93.9 Å². The molecule has 6 rings (SSSR count). The standard InChI is InChI=1S/C34H40N2O2/c1-32(2,3)16-17-34(38)15-14-29-27-12-10-24-18-25(37)11-13-26(24)31(27)28(19-33(29,34)4)22-6-8-23(9-7-22)30-20-36(5)21-35-30/h6-9,18,20-21,27-29,38H,10-15,19H2,1-5H3/t27-,28+,29-,33-,34+/m0/s1. The van der Waals surface area contributed by atoms with Crippen LogP contribution in [-0.2, 0) is 11.8 Å². The van der Waals surface area contributed by atoms with Crippen LogP contribution in [0.25, 0.3) is 11.3 Å². The molecule has 0 amide bonds. The molecule has 0 saturated heterocycles. The smallest absolute Gasteiger partial charge is 0.156 e. The van der Waals surface area contributed by atoms with E-state index in [0.717, 1.165) is 49.8 Å². The summed E-state index contributed by atoms with van der Waals surface area (Å²) < 4.78 is 1.97. The molecular formula is C34H40N2O2. The van der Waals surface area contributed by atoms with Crippen LogP contribution in [0.3, 0.4) is 0 Å². The summed E-state index contributed by atoms with van der Waals surface area (Å²) in [5.41, 5.74) is 6.25. The molecule has 198 valence electrons. The van der Waals surface area contributed by atoms with Crippen molar-refractivity contribution in [2.45, 2.75) is 84.2 Å². The monoisotopic (exact) mass is 508 g/mol. The summed E-state index contributed by atoms with van der Waals surface area (Å²) in [7, 11) is 1.99. The second-order valence-corrected chi connectivity index (χ2v) is 13.4. The number of rotatable bonds is 2. The highest BCUT2D eigenvalue weighted by atomic mass is 16.3. The SMILES string of the molecule is Cn1cnc(-c2ccc([C@H]3C[C@@]4(C)[C@@H](CC[C@@]4(O)C#CC(C)(C)C)[C@@H]4CCC5=CC(=O)CCC5=C43)cc2)c1. The maximum Gasteiger partial charge on any atom is 0.156 e. The normalized spacial score (nSPS) is 32.6. The number of fused-ring (bicyclic) bond motifs is 4. The van der Waals surface area contributed by atoms with Gasteiger partial charge < -0.3 is 9.67 Å². The van der Waals surface area contributed by atoms with Gasteiger partial charge in [0.05, 0.1) is 12.0 Å². The fraction of sp³-hybridized carbons (Fsp3) is 0.529. The van der Waals surface area contributed by atoms with E-state index in [-0.39, 0.29) is 22.5 Å². The van der Waals surface area contributed by atoms with Crippen molar-refractivity contribution in [3.63, 3.8) is 0 Å². The Kier molecular flexibility index (Phi) is 5.89. The summed E-state index contributed by atoms with van der Waals surface area (Å²) in [4.78, 5) is 16.9. The number of aryl methyl sites for hydroxylation is 1. The zero-order valence-corrected chi connectivity index (χ0v) is 23.5. The van der Waals surface area contributed by atoms with Crippen LogP contribution in [0.15, 0.2) is 59.6 Å². The van der Waals surface area contributed by atoms with Crippen molar-refractivity contribution >= 4 is 5.78 Å². The van der Waals surface area contributed by atoms with Gasteiger partial charge in [-0.2, -0.15) is 0 Å². The van der Waals surface area contributed by atoms with Crippen LogP contribution in [-0.4, -0.2) is 26.0 Å². The molecule has 0 radical (unpaired) electrons. The van der Waals surface area contributed by atoms with Crippen LogP contribution in [0.5, 0.6) is 0 Å². The van der Waals surface area contributed by atoms with Gasteiger partial charge in [-0.1, -0.05) is 48.6 Å². The van der Waals surface area contributed by atoms with E-state index in [2.05, 4.69) is 68.8 Å². The van der Waals surface area contributed by atoms with E-state index in [1.807, 2.05) is 30.2 Å². The van der Waals surface area contributed by atoms with Crippen LogP contribution >= 0.6 is 0 Å². The van der Waals surface area contributed by atoms with Gasteiger partial charge in [0, 0.05) is 42.0 Å². The Bertz CT molecular complexity index is 1410. The fourth-order valence-corrected chi connectivity index (χ4v) is 7.91. The first-order valence-electron chi connectivity index (χ1n) is 14.3. The van der Waals surface area contributed by atoms with Crippen molar-refractivity contribution in [2.75, 3.05) is 0 Å². The van der Waals surface area contributed by atoms with E-state index in [9.17, 15) is 9.90 Å². The second-order valence-electron chi connectivity index (χ2n) is 13.4. The molecule has 1 heterocycles. The highest BCUT2D eigenvalue weighted by molar-refractivity contribution is 5.93. The molecule has 1 aromatic heterocycles. The molecule has 2 fully saturated rings. The summed E-state index contributed by atoms with van der Waals surface area (Å²) in [6, 6.07) is 8.92. The van der Waals surface area contributed by atoms with Gasteiger partial charge >= 0.3 is 0 Å². The number of carbonyl (C=O) groups is 1. The van der Waals surface area contributed by atoms with Gasteiger partial charge in [-0.3, -0.25) is 4.79 Å². The number of carbonyl (C=O) groups excluding carboxylic acids is 1. The van der Waals surface area contributed by atoms with Gasteiger partial charge in [0.25, 0.3) is 0 Å². The molecule has 4 heteroatoms. The van der Waals surface area contributed by atoms with E-state index in [0.29, 0.717) is 18.3 Å². The molecule has 0 aliphatic heterocycles. The average Bonchev–Trinajstić information content (AvgIpc) is 3.42. The first kappa shape index (κ1) is 25.4. The van der Waals surface area contributed by atoms with Crippen molar-refractivity contribution < 1.29 is 9.90 Å². The molecule has 0 unspecified atom stereocenters. The number of allylic oxidation sites excluding steroid dienone is 4. The lowest BCUT2D eigenvalue weighted by Crippen LogP contribution is -2.51. The third-order valence-corrected chi connectivity index (χ3v) is 9.84. The van der Waals surface area contributed by atoms with E-state index in [1.54, 1.807) is 5.57 Å². The summed E-state index contributed by atoms with van der Waals surface area (Å²) in [6.07, 6.45) is 11.9. The molecule has 38 heavy (non-hydrogen) atoms. The van der Waals surface area contributed by atoms with Crippen LogP contribution < -0.4 is 0 Å². The zero-order chi connectivity index (χ0) is 26.9. The third kappa shape index (κ3) is 4.11. The summed E-state index contributed by atoms with van der Waals surface area (Å²) >= 11 is 0. The lowest BCUT2D eigenvalue weighted by atomic mass is 9.51. The van der Waals surface area contributed by atoms with E-state index >= 15 is 0 Å². The van der Waals surface area contributed by atoms with Gasteiger partial charge in [0.1, 0.15) is 5.60 Å². The minimum absolute atomic E-state index is 0.147. The van der Waals surface area contributed by atoms with Crippen molar-refractivity contribution in [1.82, 2.24) is 9.55 Å². The maximum absolute atomic E-state index is 12.3. The summed E-state index contributed by atoms with van der Waals surface area (Å²) in [5.74, 6) is 8.15. The van der Waals surface area contributed by atoms with Gasteiger partial charge in [-0.25, -0.2) is 4.98 Å². The fourth-order valence-electron chi connectivity index (χ4n) is 7.91. The predicted molar refractivity (Wildman–Crippen MR) is 151 cm³/mol. The largest absolute Gasteiger partial charge is 0.377 e. The highest BCUT2D eigenvalue weighted by Gasteiger charge is 2.62. The molecule has 2 aromatic rings. The summed E-state index contributed by atoms with van der Waals surface area (Å²) in [5, 5.41) is 12.2. The number of hydrogen-bond donors (Lipinski definition) is 1. The number of aliphatic hydroxyl groups is 1. The van der Waals surface area contributed by atoms with Gasteiger partial charge in [0.2, 0.25) is 0 Å². The number of ketones is 1. The van der Waals surface area contributed by atoms with E-state index < -0.39 is 5.60 Å². The van der Waals surface area contributed by atoms with Crippen molar-refractivity contribution in [3.05, 3.63) is 65.1 Å².